The smallest absolute Gasteiger partial charge is 0.132 e. The number of carbonyl (C=O) groups is 2. The molecule has 0 aliphatic carbocycles. The third-order valence-corrected chi connectivity index (χ3v) is 8.61. The Bertz CT molecular complexity index is 608. The maximum atomic E-state index is 12.6. The zero-order valence-electron chi connectivity index (χ0n) is 23.7. The van der Waals surface area contributed by atoms with Gasteiger partial charge in [-0.15, -0.1) is 11.3 Å². The molecule has 1 aromatic rings. The molecular formula is C32H56O2S. The molecule has 0 N–H and O–H groups in total. The Morgan fingerprint density at radius 3 is 1.60 bits per heavy atom. The van der Waals surface area contributed by atoms with Crippen molar-refractivity contribution in [3.8, 4) is 0 Å². The van der Waals surface area contributed by atoms with Gasteiger partial charge in [-0.2, -0.15) is 0 Å². The molecule has 2 nitrogen and oxygen atoms in total. The lowest BCUT2D eigenvalue weighted by atomic mass is 9.84. The van der Waals surface area contributed by atoms with E-state index in [0.717, 1.165) is 51.4 Å². The predicted molar refractivity (Wildman–Crippen MR) is 155 cm³/mol. The molecule has 0 spiro atoms. The fourth-order valence-electron chi connectivity index (χ4n) is 5.18. The summed E-state index contributed by atoms with van der Waals surface area (Å²) in [5.74, 6) is 1.90. The molecule has 0 saturated carbocycles. The topological polar surface area (TPSA) is 34.1 Å². The van der Waals surface area contributed by atoms with Gasteiger partial charge >= 0.3 is 0 Å². The van der Waals surface area contributed by atoms with Crippen LogP contribution >= 0.6 is 11.3 Å². The fourth-order valence-corrected chi connectivity index (χ4v) is 6.34. The van der Waals surface area contributed by atoms with Gasteiger partial charge in [-0.25, -0.2) is 0 Å². The van der Waals surface area contributed by atoms with Crippen LogP contribution in [-0.4, -0.2) is 11.6 Å². The second kappa shape index (κ2) is 21.2. The molecule has 202 valence electrons. The second-order valence-corrected chi connectivity index (χ2v) is 11.6. The fraction of sp³-hybridized carbons (Fsp3) is 0.812. The number of unbranched alkanes of at least 4 members (excludes halogenated alkanes) is 8. The normalized spacial score (nSPS) is 13.1. The number of carbonyl (C=O) groups excluding carboxylic acids is 2. The first kappa shape index (κ1) is 32.1. The molecule has 2 atom stereocenters. The van der Waals surface area contributed by atoms with E-state index >= 15 is 0 Å². The minimum atomic E-state index is 0.454. The molecule has 3 heteroatoms. The minimum absolute atomic E-state index is 0.454. The zero-order valence-corrected chi connectivity index (χ0v) is 24.5. The summed E-state index contributed by atoms with van der Waals surface area (Å²) in [6.45, 7) is 8.97. The van der Waals surface area contributed by atoms with E-state index in [-0.39, 0.29) is 0 Å². The summed E-state index contributed by atoms with van der Waals surface area (Å²) in [4.78, 5) is 26.7. The van der Waals surface area contributed by atoms with Gasteiger partial charge in [0.15, 0.2) is 0 Å². The van der Waals surface area contributed by atoms with Crippen LogP contribution in [0.1, 0.15) is 178 Å². The standard InChI is InChI=1S/C32H56O2S/c1-5-9-13-15-19-29(33)23-21-27(17-11-7-3)31-25-26-35-32(31)28(18-12-8-4)22-24-30(34)20-16-14-10-6-2/h25-28H,5-24H2,1-4H3. The Labute approximate surface area is 222 Å². The molecule has 0 fully saturated rings. The van der Waals surface area contributed by atoms with Crippen LogP contribution in [0.15, 0.2) is 11.4 Å². The lowest BCUT2D eigenvalue weighted by Gasteiger charge is -2.22. The monoisotopic (exact) mass is 504 g/mol. The summed E-state index contributed by atoms with van der Waals surface area (Å²) in [6, 6.07) is 2.34. The first-order valence-electron chi connectivity index (χ1n) is 15.2. The van der Waals surface area contributed by atoms with Crippen LogP contribution in [0, 0.1) is 0 Å². The molecule has 0 bridgehead atoms. The highest BCUT2D eigenvalue weighted by atomic mass is 32.1. The summed E-state index contributed by atoms with van der Waals surface area (Å²) in [5, 5.41) is 2.27. The molecule has 0 aromatic carbocycles. The zero-order chi connectivity index (χ0) is 25.7. The van der Waals surface area contributed by atoms with Gasteiger partial charge < -0.3 is 0 Å². The molecule has 0 saturated heterocycles. The first-order chi connectivity index (χ1) is 17.1. The maximum absolute atomic E-state index is 12.6. The van der Waals surface area contributed by atoms with Crippen LogP contribution in [-0.2, 0) is 9.59 Å². The molecule has 1 rings (SSSR count). The molecule has 1 heterocycles. The summed E-state index contributed by atoms with van der Waals surface area (Å²) >= 11 is 1.90. The van der Waals surface area contributed by atoms with Crippen molar-refractivity contribution >= 4 is 22.9 Å². The van der Waals surface area contributed by atoms with Crippen LogP contribution in [0.2, 0.25) is 0 Å². The molecule has 1 aromatic heterocycles. The Morgan fingerprint density at radius 1 is 0.600 bits per heavy atom. The van der Waals surface area contributed by atoms with Crippen LogP contribution in [0.3, 0.4) is 0 Å². The van der Waals surface area contributed by atoms with E-state index in [4.69, 9.17) is 0 Å². The summed E-state index contributed by atoms with van der Waals surface area (Å²) in [7, 11) is 0. The van der Waals surface area contributed by atoms with Crippen molar-refractivity contribution in [1.29, 1.82) is 0 Å². The number of thiophene rings is 1. The lowest BCUT2D eigenvalue weighted by Crippen LogP contribution is -2.09. The summed E-state index contributed by atoms with van der Waals surface area (Å²) in [5.41, 5.74) is 1.50. The van der Waals surface area contributed by atoms with Crippen molar-refractivity contribution < 1.29 is 9.59 Å². The molecule has 0 radical (unpaired) electrons. The largest absolute Gasteiger partial charge is 0.300 e. The van der Waals surface area contributed by atoms with Gasteiger partial charge in [0, 0.05) is 30.6 Å². The Balaban J connectivity index is 2.80. The Morgan fingerprint density at radius 2 is 1.09 bits per heavy atom. The highest BCUT2D eigenvalue weighted by molar-refractivity contribution is 7.10. The van der Waals surface area contributed by atoms with Gasteiger partial charge in [-0.05, 0) is 67.4 Å². The molecule has 0 aliphatic rings. The lowest BCUT2D eigenvalue weighted by molar-refractivity contribution is -0.120. The van der Waals surface area contributed by atoms with E-state index in [2.05, 4.69) is 39.1 Å². The number of hydrogen-bond donors (Lipinski definition) is 0. The Hall–Kier alpha value is -0.960. The van der Waals surface area contributed by atoms with Gasteiger partial charge in [-0.1, -0.05) is 91.9 Å². The van der Waals surface area contributed by atoms with E-state index in [1.54, 1.807) is 0 Å². The van der Waals surface area contributed by atoms with E-state index in [1.807, 2.05) is 11.3 Å². The van der Waals surface area contributed by atoms with E-state index in [9.17, 15) is 9.59 Å². The molecule has 2 unspecified atom stereocenters. The van der Waals surface area contributed by atoms with E-state index in [0.29, 0.717) is 23.4 Å². The number of rotatable bonds is 24. The van der Waals surface area contributed by atoms with Crippen LogP contribution in [0.5, 0.6) is 0 Å². The maximum Gasteiger partial charge on any atom is 0.132 e. The highest BCUT2D eigenvalue weighted by Crippen LogP contribution is 2.40. The SMILES string of the molecule is CCCCCCC(=O)CCC(CCCC)c1ccsc1C(CCCC)CCC(=O)CCCCCC. The number of Topliss-reactive ketones (excluding diaryl/α,β-unsaturated/α-hetero) is 2. The third kappa shape index (κ3) is 14.4. The van der Waals surface area contributed by atoms with Gasteiger partial charge in [0.2, 0.25) is 0 Å². The Kier molecular flexibility index (Phi) is 19.4. The quantitative estimate of drug-likeness (QED) is 0.131. The van der Waals surface area contributed by atoms with E-state index < -0.39 is 0 Å². The highest BCUT2D eigenvalue weighted by Gasteiger charge is 2.23. The van der Waals surface area contributed by atoms with Crippen molar-refractivity contribution in [1.82, 2.24) is 0 Å². The number of ketones is 2. The van der Waals surface area contributed by atoms with Gasteiger partial charge in [0.1, 0.15) is 11.6 Å². The van der Waals surface area contributed by atoms with Gasteiger partial charge in [-0.3, -0.25) is 9.59 Å². The molecule has 0 amide bonds. The summed E-state index contributed by atoms with van der Waals surface area (Å²) < 4.78 is 0. The molecule has 0 aliphatic heterocycles. The van der Waals surface area contributed by atoms with Gasteiger partial charge in [0.25, 0.3) is 0 Å². The molecule has 35 heavy (non-hydrogen) atoms. The molecular weight excluding hydrogens is 448 g/mol. The van der Waals surface area contributed by atoms with Crippen molar-refractivity contribution in [2.24, 2.45) is 0 Å². The summed E-state index contributed by atoms with van der Waals surface area (Å²) in [6.07, 6.45) is 21.6. The van der Waals surface area contributed by atoms with Crippen molar-refractivity contribution in [3.05, 3.63) is 21.9 Å². The first-order valence-corrected chi connectivity index (χ1v) is 16.1. The van der Waals surface area contributed by atoms with Crippen LogP contribution < -0.4 is 0 Å². The second-order valence-electron chi connectivity index (χ2n) is 10.7. The van der Waals surface area contributed by atoms with Crippen LogP contribution in [0.4, 0.5) is 0 Å². The minimum Gasteiger partial charge on any atom is -0.300 e. The van der Waals surface area contributed by atoms with Crippen molar-refractivity contribution in [2.75, 3.05) is 0 Å². The van der Waals surface area contributed by atoms with Gasteiger partial charge in [0.05, 0.1) is 0 Å². The van der Waals surface area contributed by atoms with Crippen molar-refractivity contribution in [3.63, 3.8) is 0 Å². The average Bonchev–Trinajstić information content (AvgIpc) is 3.34. The average molecular weight is 505 g/mol. The number of hydrogen-bond acceptors (Lipinski definition) is 3. The van der Waals surface area contributed by atoms with Crippen molar-refractivity contribution in [2.45, 2.75) is 168 Å². The van der Waals surface area contributed by atoms with Crippen LogP contribution in [0.25, 0.3) is 0 Å². The third-order valence-electron chi connectivity index (χ3n) is 7.51. The van der Waals surface area contributed by atoms with E-state index in [1.165, 1.54) is 87.5 Å². The predicted octanol–water partition coefficient (Wildman–Crippen LogP) is 10.9.